The number of methoxy groups -OCH3 is 1. The second-order valence-corrected chi connectivity index (χ2v) is 8.41. The van der Waals surface area contributed by atoms with Gasteiger partial charge in [-0.3, -0.25) is 10.1 Å². The fourth-order valence-corrected chi connectivity index (χ4v) is 5.03. The van der Waals surface area contributed by atoms with Crippen LogP contribution >= 0.6 is 11.8 Å². The molecule has 1 atom stereocenters. The molecule has 8 nitrogen and oxygen atoms in total. The minimum Gasteiger partial charge on any atom is -0.481 e. The Bertz CT molecular complexity index is 888. The molecule has 0 aromatic rings. The molecule has 0 unspecified atom stereocenters. The zero-order valence-electron chi connectivity index (χ0n) is 16.3. The van der Waals surface area contributed by atoms with Crippen LogP contribution in [0.2, 0.25) is 0 Å². The summed E-state index contributed by atoms with van der Waals surface area (Å²) >= 11 is 1.00. The number of nitro groups is 1. The molecule has 2 fully saturated rings. The van der Waals surface area contributed by atoms with Crippen LogP contribution in [0.5, 0.6) is 0 Å². The van der Waals surface area contributed by atoms with Crippen LogP contribution in [0, 0.1) is 10.1 Å². The summed E-state index contributed by atoms with van der Waals surface area (Å²) in [6.07, 6.45) is -3.38. The SMILES string of the molecule is COC1=C2CC(C(F)(F)F)=CC([N+](=O)[O-])=C2SC(N2CCC3(CC2)OC[C@H](C)O3)=N1. The summed E-state index contributed by atoms with van der Waals surface area (Å²) in [5, 5.41) is 12.0. The molecule has 1 aliphatic carbocycles. The number of alkyl halides is 3. The summed E-state index contributed by atoms with van der Waals surface area (Å²) in [7, 11) is 1.29. The van der Waals surface area contributed by atoms with E-state index in [0.29, 0.717) is 43.8 Å². The molecule has 0 radical (unpaired) electrons. The van der Waals surface area contributed by atoms with Crippen LogP contribution in [-0.2, 0) is 14.2 Å². The predicted molar refractivity (Wildman–Crippen MR) is 102 cm³/mol. The lowest BCUT2D eigenvalue weighted by Gasteiger charge is -2.39. The average Bonchev–Trinajstić information content (AvgIpc) is 3.05. The Balaban J connectivity index is 1.62. The van der Waals surface area contributed by atoms with Crippen molar-refractivity contribution in [3.8, 4) is 0 Å². The van der Waals surface area contributed by atoms with Gasteiger partial charge in [0.05, 0.1) is 24.7 Å². The summed E-state index contributed by atoms with van der Waals surface area (Å²) in [5.41, 5.74) is -1.51. The number of halogens is 3. The first kappa shape index (κ1) is 21.2. The average molecular weight is 447 g/mol. The number of hydrogen-bond donors (Lipinski definition) is 0. The zero-order valence-corrected chi connectivity index (χ0v) is 17.1. The smallest absolute Gasteiger partial charge is 0.413 e. The number of allylic oxidation sites excluding steroid dienone is 3. The van der Waals surface area contributed by atoms with Crippen molar-refractivity contribution in [2.45, 2.75) is 44.3 Å². The molecule has 4 aliphatic rings. The van der Waals surface area contributed by atoms with E-state index >= 15 is 0 Å². The van der Waals surface area contributed by atoms with E-state index in [-0.39, 0.29) is 22.5 Å². The molecule has 30 heavy (non-hydrogen) atoms. The third-order valence-electron chi connectivity index (χ3n) is 5.38. The van der Waals surface area contributed by atoms with Gasteiger partial charge in [0.25, 0.3) is 5.70 Å². The first-order valence-corrected chi connectivity index (χ1v) is 10.2. The van der Waals surface area contributed by atoms with Gasteiger partial charge >= 0.3 is 6.18 Å². The number of thioether (sulfide) groups is 1. The summed E-state index contributed by atoms with van der Waals surface area (Å²) in [6, 6.07) is 0. The van der Waals surface area contributed by atoms with Gasteiger partial charge in [-0.1, -0.05) is 0 Å². The Morgan fingerprint density at radius 3 is 2.63 bits per heavy atom. The second-order valence-electron chi connectivity index (χ2n) is 7.44. The van der Waals surface area contributed by atoms with Crippen molar-refractivity contribution in [3.05, 3.63) is 43.8 Å². The van der Waals surface area contributed by atoms with Gasteiger partial charge in [0.15, 0.2) is 11.0 Å². The van der Waals surface area contributed by atoms with Crippen LogP contribution in [0.4, 0.5) is 13.2 Å². The molecule has 0 bridgehead atoms. The highest BCUT2D eigenvalue weighted by molar-refractivity contribution is 8.17. The highest BCUT2D eigenvalue weighted by atomic mass is 32.2. The monoisotopic (exact) mass is 447 g/mol. The molecule has 12 heteroatoms. The van der Waals surface area contributed by atoms with E-state index in [2.05, 4.69) is 4.99 Å². The van der Waals surface area contributed by atoms with Crippen LogP contribution in [0.1, 0.15) is 26.2 Å². The fourth-order valence-electron chi connectivity index (χ4n) is 3.89. The topological polar surface area (TPSA) is 86.4 Å². The Morgan fingerprint density at radius 1 is 1.40 bits per heavy atom. The maximum absolute atomic E-state index is 13.3. The largest absolute Gasteiger partial charge is 0.481 e. The molecule has 4 rings (SSSR count). The number of fused-ring (bicyclic) bond motifs is 1. The van der Waals surface area contributed by atoms with Crippen molar-refractivity contribution in [1.29, 1.82) is 0 Å². The van der Waals surface area contributed by atoms with Crippen LogP contribution in [0.25, 0.3) is 0 Å². The lowest BCUT2D eigenvalue weighted by Crippen LogP contribution is -2.47. The number of piperidine rings is 1. The standard InChI is InChI=1S/C18H20F3N3O5S/c1-10-9-28-17(29-10)3-5-23(6-4-17)16-22-15(27-2)12-7-11(18(19,20)21)8-13(24(25)26)14(12)30-16/h8,10H,3-7,9H2,1-2H3/t10-/m0/s1. The molecule has 0 aromatic heterocycles. The predicted octanol–water partition coefficient (Wildman–Crippen LogP) is 3.56. The van der Waals surface area contributed by atoms with Crippen molar-refractivity contribution in [2.24, 2.45) is 4.99 Å². The van der Waals surface area contributed by atoms with Crippen molar-refractivity contribution < 1.29 is 32.3 Å². The normalized spacial score (nSPS) is 26.6. The Hall–Kier alpha value is -2.05. The fraction of sp³-hybridized carbons (Fsp3) is 0.611. The molecular formula is C18H20F3N3O5S. The molecule has 3 heterocycles. The van der Waals surface area contributed by atoms with Crippen LogP contribution in [-0.4, -0.2) is 59.9 Å². The van der Waals surface area contributed by atoms with Gasteiger partial charge in [0, 0.05) is 49.6 Å². The summed E-state index contributed by atoms with van der Waals surface area (Å²) in [5.74, 6) is -0.656. The van der Waals surface area contributed by atoms with E-state index < -0.39 is 34.6 Å². The van der Waals surface area contributed by atoms with Gasteiger partial charge in [-0.15, -0.1) is 0 Å². The highest BCUT2D eigenvalue weighted by Crippen LogP contribution is 2.47. The van der Waals surface area contributed by atoms with Crippen molar-refractivity contribution in [2.75, 3.05) is 26.8 Å². The lowest BCUT2D eigenvalue weighted by atomic mass is 9.97. The second kappa shape index (κ2) is 7.57. The van der Waals surface area contributed by atoms with Gasteiger partial charge in [0.1, 0.15) is 4.91 Å². The molecule has 0 N–H and O–H groups in total. The minimum atomic E-state index is -4.67. The van der Waals surface area contributed by atoms with Gasteiger partial charge in [-0.05, 0) is 18.7 Å². The van der Waals surface area contributed by atoms with Crippen molar-refractivity contribution in [1.82, 2.24) is 4.90 Å². The van der Waals surface area contributed by atoms with Crippen molar-refractivity contribution >= 4 is 16.9 Å². The molecule has 3 aliphatic heterocycles. The number of aliphatic imine (C=N–C) groups is 1. The quantitative estimate of drug-likeness (QED) is 0.473. The Labute approximate surface area is 174 Å². The van der Waals surface area contributed by atoms with Crippen LogP contribution in [0.15, 0.2) is 38.7 Å². The van der Waals surface area contributed by atoms with Gasteiger partial charge in [0.2, 0.25) is 5.88 Å². The Morgan fingerprint density at radius 2 is 2.10 bits per heavy atom. The number of ether oxygens (including phenoxy) is 3. The van der Waals surface area contributed by atoms with E-state index in [4.69, 9.17) is 14.2 Å². The van der Waals surface area contributed by atoms with E-state index in [0.717, 1.165) is 11.8 Å². The van der Waals surface area contributed by atoms with Gasteiger partial charge < -0.3 is 19.1 Å². The maximum atomic E-state index is 13.3. The van der Waals surface area contributed by atoms with E-state index in [1.807, 2.05) is 11.8 Å². The zero-order chi connectivity index (χ0) is 21.7. The Kier molecular flexibility index (Phi) is 5.35. The molecule has 164 valence electrons. The number of rotatable bonds is 2. The third-order valence-corrected chi connectivity index (χ3v) is 6.57. The summed E-state index contributed by atoms with van der Waals surface area (Å²) in [6.45, 7) is 3.55. The van der Waals surface area contributed by atoms with Crippen LogP contribution in [0.3, 0.4) is 0 Å². The number of amidine groups is 1. The first-order valence-electron chi connectivity index (χ1n) is 9.39. The number of hydrogen-bond acceptors (Lipinski definition) is 8. The van der Waals surface area contributed by atoms with Gasteiger partial charge in [-0.25, -0.2) is 0 Å². The highest BCUT2D eigenvalue weighted by Gasteiger charge is 2.46. The first-order chi connectivity index (χ1) is 14.1. The maximum Gasteiger partial charge on any atom is 0.413 e. The molecule has 1 spiro atoms. The minimum absolute atomic E-state index is 0.0215. The molecule has 0 aromatic carbocycles. The number of nitrogens with zero attached hydrogens (tertiary/aromatic N) is 3. The van der Waals surface area contributed by atoms with Crippen LogP contribution < -0.4 is 0 Å². The van der Waals surface area contributed by atoms with Gasteiger partial charge in [-0.2, -0.15) is 18.2 Å². The molecule has 0 amide bonds. The summed E-state index contributed by atoms with van der Waals surface area (Å²) < 4.78 is 56.7. The van der Waals surface area contributed by atoms with E-state index in [1.54, 1.807) is 0 Å². The number of likely N-dealkylation sites (tertiary alicyclic amines) is 1. The lowest BCUT2D eigenvalue weighted by molar-refractivity contribution is -0.419. The molecule has 0 saturated carbocycles. The summed E-state index contributed by atoms with van der Waals surface area (Å²) in [4.78, 5) is 17.2. The third kappa shape index (κ3) is 3.83. The molecule has 2 saturated heterocycles. The van der Waals surface area contributed by atoms with E-state index in [1.165, 1.54) is 7.11 Å². The van der Waals surface area contributed by atoms with Crippen molar-refractivity contribution in [3.63, 3.8) is 0 Å². The molecular weight excluding hydrogens is 427 g/mol. The van der Waals surface area contributed by atoms with E-state index in [9.17, 15) is 23.3 Å².